The van der Waals surface area contributed by atoms with Crippen molar-refractivity contribution in [1.29, 1.82) is 0 Å². The third kappa shape index (κ3) is 4.30. The Labute approximate surface area is 150 Å². The molecule has 2 aromatic rings. The predicted octanol–water partition coefficient (Wildman–Crippen LogP) is 2.17. The van der Waals surface area contributed by atoms with Gasteiger partial charge in [-0.25, -0.2) is 9.18 Å². The lowest BCUT2D eigenvalue weighted by molar-refractivity contribution is -0.159. The summed E-state index contributed by atoms with van der Waals surface area (Å²) >= 11 is 0. The molecular formula is C19H18FNO5. The Morgan fingerprint density at radius 2 is 1.96 bits per heavy atom. The van der Waals surface area contributed by atoms with Crippen molar-refractivity contribution < 1.29 is 28.2 Å². The molecule has 1 aliphatic heterocycles. The zero-order chi connectivity index (χ0) is 18.5. The lowest BCUT2D eigenvalue weighted by atomic mass is 10.2. The number of hydrogen-bond donors (Lipinski definition) is 0. The highest BCUT2D eigenvalue weighted by molar-refractivity contribution is 5.82. The number of amides is 1. The van der Waals surface area contributed by atoms with Gasteiger partial charge in [0.2, 0.25) is 6.10 Å². The van der Waals surface area contributed by atoms with E-state index in [-0.39, 0.29) is 19.0 Å². The summed E-state index contributed by atoms with van der Waals surface area (Å²) in [6.45, 7) is -0.195. The summed E-state index contributed by atoms with van der Waals surface area (Å²) < 4.78 is 29.2. The van der Waals surface area contributed by atoms with Crippen LogP contribution in [-0.2, 0) is 20.9 Å². The summed E-state index contributed by atoms with van der Waals surface area (Å²) in [4.78, 5) is 25.5. The summed E-state index contributed by atoms with van der Waals surface area (Å²) in [6.07, 6.45) is -0.925. The van der Waals surface area contributed by atoms with Gasteiger partial charge in [-0.05, 0) is 29.8 Å². The van der Waals surface area contributed by atoms with E-state index in [4.69, 9.17) is 14.2 Å². The molecule has 2 aromatic carbocycles. The van der Waals surface area contributed by atoms with Gasteiger partial charge in [0.1, 0.15) is 12.4 Å². The minimum absolute atomic E-state index is 0.0170. The van der Waals surface area contributed by atoms with Crippen molar-refractivity contribution >= 4 is 11.9 Å². The van der Waals surface area contributed by atoms with E-state index in [0.717, 1.165) is 0 Å². The first-order valence-electron chi connectivity index (χ1n) is 8.06. The molecular weight excluding hydrogens is 341 g/mol. The van der Waals surface area contributed by atoms with Crippen LogP contribution in [0.2, 0.25) is 0 Å². The average molecular weight is 359 g/mol. The highest BCUT2D eigenvalue weighted by atomic mass is 19.1. The third-order valence-corrected chi connectivity index (χ3v) is 3.84. The van der Waals surface area contributed by atoms with E-state index in [2.05, 4.69) is 0 Å². The molecule has 0 aromatic heterocycles. The Morgan fingerprint density at radius 1 is 1.19 bits per heavy atom. The number of likely N-dealkylation sites (N-methyl/N-ethyl adjacent to an activating group) is 1. The zero-order valence-electron chi connectivity index (χ0n) is 14.2. The zero-order valence-corrected chi connectivity index (χ0v) is 14.2. The fourth-order valence-electron chi connectivity index (χ4n) is 2.47. The number of para-hydroxylation sites is 2. The minimum Gasteiger partial charge on any atom is -0.485 e. The average Bonchev–Trinajstić information content (AvgIpc) is 2.65. The molecule has 1 heterocycles. The maximum absolute atomic E-state index is 13.2. The second-order valence-electron chi connectivity index (χ2n) is 5.85. The summed E-state index contributed by atoms with van der Waals surface area (Å²) in [5, 5.41) is 0. The number of carbonyl (C=O) groups is 2. The van der Waals surface area contributed by atoms with Crippen LogP contribution in [0.3, 0.4) is 0 Å². The second kappa shape index (κ2) is 7.86. The molecule has 0 saturated carbocycles. The molecule has 0 N–H and O–H groups in total. The van der Waals surface area contributed by atoms with Gasteiger partial charge in [0.15, 0.2) is 18.1 Å². The van der Waals surface area contributed by atoms with Crippen LogP contribution in [0, 0.1) is 5.82 Å². The number of ether oxygens (including phenoxy) is 3. The van der Waals surface area contributed by atoms with E-state index in [0.29, 0.717) is 17.1 Å². The standard InChI is InChI=1S/C19H18FNO5/c1-21(10-13-5-4-6-14(20)9-13)18(22)12-25-19(23)17-11-24-15-7-2-3-8-16(15)26-17/h2-9,17H,10-12H2,1H3. The second-order valence-corrected chi connectivity index (χ2v) is 5.85. The van der Waals surface area contributed by atoms with E-state index in [1.165, 1.54) is 17.0 Å². The lowest BCUT2D eigenvalue weighted by Gasteiger charge is -2.25. The topological polar surface area (TPSA) is 65.1 Å². The lowest BCUT2D eigenvalue weighted by Crippen LogP contribution is -2.40. The molecule has 6 nitrogen and oxygen atoms in total. The Hall–Kier alpha value is -3.09. The van der Waals surface area contributed by atoms with Crippen molar-refractivity contribution in [1.82, 2.24) is 4.90 Å². The number of halogens is 1. The molecule has 0 fully saturated rings. The molecule has 1 unspecified atom stereocenters. The van der Waals surface area contributed by atoms with E-state index >= 15 is 0 Å². The van der Waals surface area contributed by atoms with Gasteiger partial charge in [0.25, 0.3) is 5.91 Å². The molecule has 0 spiro atoms. The molecule has 0 aliphatic carbocycles. The van der Waals surface area contributed by atoms with Gasteiger partial charge >= 0.3 is 5.97 Å². The van der Waals surface area contributed by atoms with Crippen molar-refractivity contribution in [2.24, 2.45) is 0 Å². The van der Waals surface area contributed by atoms with Crippen LogP contribution in [-0.4, -0.2) is 43.1 Å². The molecule has 7 heteroatoms. The van der Waals surface area contributed by atoms with E-state index in [1.807, 2.05) is 0 Å². The Balaban J connectivity index is 1.49. The fourth-order valence-corrected chi connectivity index (χ4v) is 2.47. The smallest absolute Gasteiger partial charge is 0.351 e. The number of hydrogen-bond acceptors (Lipinski definition) is 5. The Kier molecular flexibility index (Phi) is 5.36. The third-order valence-electron chi connectivity index (χ3n) is 3.84. The van der Waals surface area contributed by atoms with Gasteiger partial charge in [-0.15, -0.1) is 0 Å². The molecule has 1 amide bonds. The first-order chi connectivity index (χ1) is 12.5. The summed E-state index contributed by atoms with van der Waals surface area (Å²) in [7, 11) is 1.55. The van der Waals surface area contributed by atoms with Gasteiger partial charge in [-0.3, -0.25) is 4.79 Å². The Morgan fingerprint density at radius 3 is 2.73 bits per heavy atom. The predicted molar refractivity (Wildman–Crippen MR) is 90.2 cm³/mol. The van der Waals surface area contributed by atoms with E-state index in [9.17, 15) is 14.0 Å². The van der Waals surface area contributed by atoms with Crippen LogP contribution in [0.25, 0.3) is 0 Å². The van der Waals surface area contributed by atoms with Crippen molar-refractivity contribution in [3.63, 3.8) is 0 Å². The number of benzene rings is 2. The number of nitrogens with zero attached hydrogens (tertiary/aromatic N) is 1. The molecule has 0 bridgehead atoms. The molecule has 136 valence electrons. The molecule has 1 aliphatic rings. The summed E-state index contributed by atoms with van der Waals surface area (Å²) in [5.74, 6) is -0.436. The van der Waals surface area contributed by atoms with Gasteiger partial charge < -0.3 is 19.1 Å². The van der Waals surface area contributed by atoms with Crippen molar-refractivity contribution in [3.05, 3.63) is 59.9 Å². The summed E-state index contributed by atoms with van der Waals surface area (Å²) in [5.41, 5.74) is 0.646. The van der Waals surface area contributed by atoms with Gasteiger partial charge in [-0.2, -0.15) is 0 Å². The first kappa shape index (κ1) is 17.7. The maximum atomic E-state index is 13.2. The molecule has 3 rings (SSSR count). The molecule has 1 atom stereocenters. The van der Waals surface area contributed by atoms with Crippen LogP contribution in [0.5, 0.6) is 11.5 Å². The Bertz CT molecular complexity index is 810. The quantitative estimate of drug-likeness (QED) is 0.766. The first-order valence-corrected chi connectivity index (χ1v) is 8.06. The fraction of sp³-hybridized carbons (Fsp3) is 0.263. The van der Waals surface area contributed by atoms with E-state index in [1.54, 1.807) is 43.4 Å². The number of fused-ring (bicyclic) bond motifs is 1. The van der Waals surface area contributed by atoms with Gasteiger partial charge in [-0.1, -0.05) is 24.3 Å². The highest BCUT2D eigenvalue weighted by Gasteiger charge is 2.29. The molecule has 0 saturated heterocycles. The minimum atomic E-state index is -0.925. The number of carbonyl (C=O) groups excluding carboxylic acids is 2. The van der Waals surface area contributed by atoms with Crippen LogP contribution in [0.1, 0.15) is 5.56 Å². The van der Waals surface area contributed by atoms with E-state index < -0.39 is 24.6 Å². The van der Waals surface area contributed by atoms with Crippen LogP contribution in [0.15, 0.2) is 48.5 Å². The SMILES string of the molecule is CN(Cc1cccc(F)c1)C(=O)COC(=O)C1COc2ccccc2O1. The van der Waals surface area contributed by atoms with Crippen LogP contribution in [0.4, 0.5) is 4.39 Å². The van der Waals surface area contributed by atoms with Crippen LogP contribution >= 0.6 is 0 Å². The summed E-state index contributed by atoms with van der Waals surface area (Å²) in [6, 6.07) is 13.0. The van der Waals surface area contributed by atoms with Crippen LogP contribution < -0.4 is 9.47 Å². The highest BCUT2D eigenvalue weighted by Crippen LogP contribution is 2.31. The normalized spacial score (nSPS) is 15.2. The monoisotopic (exact) mass is 359 g/mol. The van der Waals surface area contributed by atoms with Gasteiger partial charge in [0, 0.05) is 13.6 Å². The number of rotatable bonds is 5. The number of esters is 1. The van der Waals surface area contributed by atoms with Gasteiger partial charge in [0.05, 0.1) is 0 Å². The maximum Gasteiger partial charge on any atom is 0.351 e. The van der Waals surface area contributed by atoms with Crippen molar-refractivity contribution in [2.75, 3.05) is 20.3 Å². The van der Waals surface area contributed by atoms with Crippen molar-refractivity contribution in [2.45, 2.75) is 12.6 Å². The molecule has 26 heavy (non-hydrogen) atoms. The largest absolute Gasteiger partial charge is 0.485 e. The molecule has 0 radical (unpaired) electrons. The van der Waals surface area contributed by atoms with Crippen molar-refractivity contribution in [3.8, 4) is 11.5 Å².